The van der Waals surface area contributed by atoms with Crippen molar-refractivity contribution < 1.29 is 9.32 Å². The van der Waals surface area contributed by atoms with E-state index in [2.05, 4.69) is 29.2 Å². The largest absolute Gasteiger partial charge is 0.355 e. The third-order valence-electron chi connectivity index (χ3n) is 4.40. The Morgan fingerprint density at radius 1 is 1.39 bits per heavy atom. The van der Waals surface area contributed by atoms with Crippen molar-refractivity contribution in [1.82, 2.24) is 15.4 Å². The highest BCUT2D eigenvalue weighted by Gasteiger charge is 2.25. The van der Waals surface area contributed by atoms with E-state index in [4.69, 9.17) is 4.52 Å². The second-order valence-electron chi connectivity index (χ2n) is 6.40. The summed E-state index contributed by atoms with van der Waals surface area (Å²) in [5, 5.41) is 6.86. The van der Waals surface area contributed by atoms with E-state index in [0.29, 0.717) is 30.0 Å². The molecule has 2 heterocycles. The maximum absolute atomic E-state index is 12.2. The summed E-state index contributed by atoms with van der Waals surface area (Å²) in [4.78, 5) is 14.7. The number of benzene rings is 1. The van der Waals surface area contributed by atoms with Crippen molar-refractivity contribution in [2.45, 2.75) is 26.3 Å². The number of carbonyl (C=O) groups is 1. The Morgan fingerprint density at radius 2 is 2.17 bits per heavy atom. The molecule has 1 aliphatic rings. The van der Waals surface area contributed by atoms with Crippen LogP contribution in [0.3, 0.4) is 0 Å². The predicted molar refractivity (Wildman–Crippen MR) is 89.1 cm³/mol. The molecule has 1 fully saturated rings. The van der Waals surface area contributed by atoms with Crippen LogP contribution in [0.25, 0.3) is 11.3 Å². The van der Waals surface area contributed by atoms with E-state index in [9.17, 15) is 4.79 Å². The molecule has 1 aromatic carbocycles. The van der Waals surface area contributed by atoms with Gasteiger partial charge in [0.1, 0.15) is 0 Å². The van der Waals surface area contributed by atoms with E-state index < -0.39 is 0 Å². The summed E-state index contributed by atoms with van der Waals surface area (Å²) in [6.07, 6.45) is 1.13. The first kappa shape index (κ1) is 15.7. The number of nitrogens with zero attached hydrogens (tertiary/aromatic N) is 2. The zero-order chi connectivity index (χ0) is 16.2. The second kappa shape index (κ2) is 6.96. The third kappa shape index (κ3) is 3.79. The van der Waals surface area contributed by atoms with Crippen molar-refractivity contribution in [3.63, 3.8) is 0 Å². The van der Waals surface area contributed by atoms with E-state index >= 15 is 0 Å². The van der Waals surface area contributed by atoms with Crippen LogP contribution in [0.1, 0.15) is 30.8 Å². The summed E-state index contributed by atoms with van der Waals surface area (Å²) < 4.78 is 5.27. The van der Waals surface area contributed by atoms with Crippen molar-refractivity contribution in [3.8, 4) is 11.3 Å². The van der Waals surface area contributed by atoms with Crippen LogP contribution in [0.5, 0.6) is 0 Å². The molecule has 1 N–H and O–H groups in total. The van der Waals surface area contributed by atoms with Crippen LogP contribution in [-0.4, -0.2) is 41.6 Å². The molecule has 1 aromatic heterocycles. The first-order chi connectivity index (χ1) is 11.1. The number of aromatic nitrogens is 1. The molecule has 0 spiro atoms. The molecule has 2 aromatic rings. The lowest BCUT2D eigenvalue weighted by molar-refractivity contribution is 0.0938. The Hall–Kier alpha value is -2.14. The zero-order valence-corrected chi connectivity index (χ0v) is 13.7. The van der Waals surface area contributed by atoms with Crippen molar-refractivity contribution in [2.75, 3.05) is 19.6 Å². The lowest BCUT2D eigenvalue weighted by Crippen LogP contribution is -2.33. The molecular formula is C18H23N3O2. The summed E-state index contributed by atoms with van der Waals surface area (Å²) in [6, 6.07) is 11.9. The predicted octanol–water partition coefficient (Wildman–Crippen LogP) is 2.80. The Balaban J connectivity index is 1.54. The van der Waals surface area contributed by atoms with Gasteiger partial charge in [-0.05, 0) is 32.7 Å². The maximum atomic E-state index is 12.2. The SMILES string of the molecule is CC(C)N1CC[C@@H](CNC(=O)c2cc(-c3ccccc3)on2)C1. The normalized spacial score (nSPS) is 18.5. The Morgan fingerprint density at radius 3 is 2.87 bits per heavy atom. The number of likely N-dealkylation sites (tertiary alicyclic amines) is 1. The summed E-state index contributed by atoms with van der Waals surface area (Å²) in [5.74, 6) is 0.961. The number of amides is 1. The van der Waals surface area contributed by atoms with Crippen molar-refractivity contribution in [1.29, 1.82) is 0 Å². The highest BCUT2D eigenvalue weighted by atomic mass is 16.5. The maximum Gasteiger partial charge on any atom is 0.273 e. The summed E-state index contributed by atoms with van der Waals surface area (Å²) in [7, 11) is 0. The highest BCUT2D eigenvalue weighted by Crippen LogP contribution is 2.20. The van der Waals surface area contributed by atoms with Gasteiger partial charge in [-0.2, -0.15) is 0 Å². The highest BCUT2D eigenvalue weighted by molar-refractivity contribution is 5.93. The molecular weight excluding hydrogens is 290 g/mol. The summed E-state index contributed by atoms with van der Waals surface area (Å²) >= 11 is 0. The molecule has 23 heavy (non-hydrogen) atoms. The molecule has 0 unspecified atom stereocenters. The first-order valence-corrected chi connectivity index (χ1v) is 8.18. The molecule has 122 valence electrons. The number of nitrogens with one attached hydrogen (secondary N) is 1. The van der Waals surface area contributed by atoms with Crippen molar-refractivity contribution in [2.24, 2.45) is 5.92 Å². The van der Waals surface area contributed by atoms with Crippen LogP contribution in [-0.2, 0) is 0 Å². The monoisotopic (exact) mass is 313 g/mol. The molecule has 0 radical (unpaired) electrons. The Bertz CT molecular complexity index is 651. The molecule has 3 rings (SSSR count). The van der Waals surface area contributed by atoms with Crippen LogP contribution in [0.2, 0.25) is 0 Å². The van der Waals surface area contributed by atoms with Crippen LogP contribution < -0.4 is 5.32 Å². The minimum atomic E-state index is -0.168. The minimum absolute atomic E-state index is 0.168. The van der Waals surface area contributed by atoms with E-state index in [-0.39, 0.29) is 5.91 Å². The fraction of sp³-hybridized carbons (Fsp3) is 0.444. The van der Waals surface area contributed by atoms with Gasteiger partial charge in [-0.3, -0.25) is 4.79 Å². The lowest BCUT2D eigenvalue weighted by atomic mass is 10.1. The number of hydrogen-bond donors (Lipinski definition) is 1. The second-order valence-corrected chi connectivity index (χ2v) is 6.40. The van der Waals surface area contributed by atoms with Gasteiger partial charge in [-0.15, -0.1) is 0 Å². The quantitative estimate of drug-likeness (QED) is 0.922. The molecule has 1 saturated heterocycles. The van der Waals surface area contributed by atoms with Crippen LogP contribution in [0.15, 0.2) is 40.9 Å². The summed E-state index contributed by atoms with van der Waals surface area (Å²) in [5.41, 5.74) is 1.25. The van der Waals surface area contributed by atoms with Gasteiger partial charge >= 0.3 is 0 Å². The molecule has 0 aliphatic carbocycles. The molecule has 0 saturated carbocycles. The van der Waals surface area contributed by atoms with Gasteiger partial charge in [-0.25, -0.2) is 0 Å². The van der Waals surface area contributed by atoms with E-state index in [1.54, 1.807) is 6.07 Å². The van der Waals surface area contributed by atoms with Crippen LogP contribution in [0, 0.1) is 5.92 Å². The third-order valence-corrected chi connectivity index (χ3v) is 4.40. The van der Waals surface area contributed by atoms with E-state index in [1.807, 2.05) is 30.3 Å². The van der Waals surface area contributed by atoms with Crippen molar-refractivity contribution in [3.05, 3.63) is 42.1 Å². The standard InChI is InChI=1S/C18H23N3O2/c1-13(2)21-9-8-14(12-21)11-19-18(22)16-10-17(23-20-16)15-6-4-3-5-7-15/h3-7,10,13-14H,8-9,11-12H2,1-2H3,(H,19,22)/t14-/m0/s1. The number of carbonyl (C=O) groups excluding carboxylic acids is 1. The molecule has 1 aliphatic heterocycles. The van der Waals surface area contributed by atoms with Gasteiger partial charge < -0.3 is 14.7 Å². The van der Waals surface area contributed by atoms with Gasteiger partial charge in [0.2, 0.25) is 0 Å². The van der Waals surface area contributed by atoms with Gasteiger partial charge in [0.05, 0.1) is 0 Å². The van der Waals surface area contributed by atoms with E-state index in [1.165, 1.54) is 0 Å². The fourth-order valence-electron chi connectivity index (χ4n) is 2.95. The average molecular weight is 313 g/mol. The molecule has 1 amide bonds. The number of rotatable bonds is 5. The number of hydrogen-bond acceptors (Lipinski definition) is 4. The molecule has 1 atom stereocenters. The van der Waals surface area contributed by atoms with Crippen molar-refractivity contribution >= 4 is 5.91 Å². The topological polar surface area (TPSA) is 58.4 Å². The van der Waals surface area contributed by atoms with Crippen LogP contribution >= 0.6 is 0 Å². The minimum Gasteiger partial charge on any atom is -0.355 e. The molecule has 5 heteroatoms. The van der Waals surface area contributed by atoms with Crippen LogP contribution in [0.4, 0.5) is 0 Å². The van der Waals surface area contributed by atoms with Gasteiger partial charge in [0.25, 0.3) is 5.91 Å². The average Bonchev–Trinajstić information content (AvgIpc) is 3.23. The molecule has 0 bridgehead atoms. The first-order valence-electron chi connectivity index (χ1n) is 8.18. The summed E-state index contributed by atoms with van der Waals surface area (Å²) in [6.45, 7) is 7.27. The Kier molecular flexibility index (Phi) is 4.76. The van der Waals surface area contributed by atoms with Gasteiger partial charge in [0.15, 0.2) is 11.5 Å². The zero-order valence-electron chi connectivity index (χ0n) is 13.7. The Labute approximate surface area is 136 Å². The van der Waals surface area contributed by atoms with Gasteiger partial charge in [0, 0.05) is 30.8 Å². The molecule has 5 nitrogen and oxygen atoms in total. The van der Waals surface area contributed by atoms with Gasteiger partial charge in [-0.1, -0.05) is 35.5 Å². The lowest BCUT2D eigenvalue weighted by Gasteiger charge is -2.20. The fourth-order valence-corrected chi connectivity index (χ4v) is 2.95. The van der Waals surface area contributed by atoms with E-state index in [0.717, 1.165) is 25.1 Å². The smallest absolute Gasteiger partial charge is 0.273 e.